The van der Waals surface area contributed by atoms with E-state index in [0.717, 1.165) is 16.3 Å². The van der Waals surface area contributed by atoms with Gasteiger partial charge in [0.15, 0.2) is 0 Å². The van der Waals surface area contributed by atoms with Crippen LogP contribution in [0.15, 0.2) is 54.6 Å². The highest BCUT2D eigenvalue weighted by Crippen LogP contribution is 2.73. The fourth-order valence-corrected chi connectivity index (χ4v) is 5.90. The predicted octanol–water partition coefficient (Wildman–Crippen LogP) is 3.54. The molecule has 1 saturated heterocycles. The zero-order valence-corrected chi connectivity index (χ0v) is 13.9. The lowest BCUT2D eigenvalue weighted by Crippen LogP contribution is -2.34. The molecular formula is C22H19NO2. The highest BCUT2D eigenvalue weighted by molar-refractivity contribution is 6.07. The molecule has 2 bridgehead atoms. The Morgan fingerprint density at radius 2 is 1.52 bits per heavy atom. The average Bonchev–Trinajstić information content (AvgIpc) is 3.24. The molecule has 4 atom stereocenters. The molecule has 3 aliphatic carbocycles. The summed E-state index contributed by atoms with van der Waals surface area (Å²) in [5.74, 6) is 0.532. The number of rotatable bonds is 2. The standard InChI is InChI=1S/C22H19NO2/c24-20-18-16-8-9-17(22(16)10-11-22)19(18)21(25)23(20)12-14-6-3-5-13-4-1-2-7-15(13)14/h1-9,16-19H,10-12H2/t16-,17-,18-,19-/m1/s1. The largest absolute Gasteiger partial charge is 0.278 e. The molecule has 3 fully saturated rings. The molecule has 3 nitrogen and oxygen atoms in total. The Labute approximate surface area is 146 Å². The van der Waals surface area contributed by atoms with Gasteiger partial charge in [-0.15, -0.1) is 0 Å². The quantitative estimate of drug-likeness (QED) is 0.624. The predicted molar refractivity (Wildman–Crippen MR) is 94.3 cm³/mol. The fraction of sp³-hybridized carbons (Fsp3) is 0.364. The third kappa shape index (κ3) is 1.57. The van der Waals surface area contributed by atoms with Crippen LogP contribution in [-0.4, -0.2) is 16.7 Å². The molecule has 124 valence electrons. The molecule has 4 aliphatic rings. The summed E-state index contributed by atoms with van der Waals surface area (Å²) >= 11 is 0. The number of benzene rings is 2. The number of nitrogens with zero attached hydrogens (tertiary/aromatic N) is 1. The minimum absolute atomic E-state index is 0.0612. The number of allylic oxidation sites excluding steroid dienone is 2. The first-order chi connectivity index (χ1) is 12.2. The van der Waals surface area contributed by atoms with E-state index >= 15 is 0 Å². The first-order valence-electron chi connectivity index (χ1n) is 9.21. The molecule has 2 aromatic rings. The number of hydrogen-bond donors (Lipinski definition) is 0. The maximum Gasteiger partial charge on any atom is 0.234 e. The molecule has 0 unspecified atom stereocenters. The molecule has 1 heterocycles. The fourth-order valence-electron chi connectivity index (χ4n) is 5.90. The number of likely N-dealkylation sites (tertiary alicyclic amines) is 1. The van der Waals surface area contributed by atoms with Crippen LogP contribution in [0.4, 0.5) is 0 Å². The molecule has 0 N–H and O–H groups in total. The van der Waals surface area contributed by atoms with Gasteiger partial charge in [0.1, 0.15) is 0 Å². The molecule has 3 heteroatoms. The Hall–Kier alpha value is -2.42. The van der Waals surface area contributed by atoms with Crippen LogP contribution in [0.5, 0.6) is 0 Å². The molecule has 0 radical (unpaired) electrons. The summed E-state index contributed by atoms with van der Waals surface area (Å²) in [6.45, 7) is 0.401. The summed E-state index contributed by atoms with van der Waals surface area (Å²) in [5.41, 5.74) is 1.33. The summed E-state index contributed by atoms with van der Waals surface area (Å²) in [6.07, 6.45) is 6.83. The topological polar surface area (TPSA) is 37.4 Å². The average molecular weight is 329 g/mol. The van der Waals surface area contributed by atoms with E-state index in [0.29, 0.717) is 18.4 Å². The van der Waals surface area contributed by atoms with Crippen LogP contribution in [0.25, 0.3) is 10.8 Å². The molecule has 1 spiro atoms. The zero-order valence-electron chi connectivity index (χ0n) is 13.9. The van der Waals surface area contributed by atoms with Crippen LogP contribution in [0.3, 0.4) is 0 Å². The van der Waals surface area contributed by atoms with Crippen LogP contribution in [-0.2, 0) is 16.1 Å². The smallest absolute Gasteiger partial charge is 0.234 e. The number of amides is 2. The van der Waals surface area contributed by atoms with Gasteiger partial charge in [-0.05, 0) is 46.4 Å². The molecule has 1 aliphatic heterocycles. The van der Waals surface area contributed by atoms with Gasteiger partial charge in [-0.25, -0.2) is 0 Å². The van der Waals surface area contributed by atoms with Crippen molar-refractivity contribution >= 4 is 22.6 Å². The van der Waals surface area contributed by atoms with Crippen molar-refractivity contribution in [2.75, 3.05) is 0 Å². The molecule has 25 heavy (non-hydrogen) atoms. The second-order valence-electron chi connectivity index (χ2n) is 8.12. The Morgan fingerprint density at radius 1 is 0.880 bits per heavy atom. The van der Waals surface area contributed by atoms with Crippen molar-refractivity contribution in [1.29, 1.82) is 0 Å². The van der Waals surface area contributed by atoms with Crippen molar-refractivity contribution in [2.24, 2.45) is 29.1 Å². The second kappa shape index (κ2) is 4.40. The zero-order chi connectivity index (χ0) is 16.8. The summed E-state index contributed by atoms with van der Waals surface area (Å²) in [6, 6.07) is 14.3. The lowest BCUT2D eigenvalue weighted by atomic mass is 9.85. The Balaban J connectivity index is 1.37. The van der Waals surface area contributed by atoms with E-state index in [1.165, 1.54) is 12.8 Å². The summed E-state index contributed by atoms with van der Waals surface area (Å²) in [7, 11) is 0. The van der Waals surface area contributed by atoms with E-state index in [1.54, 1.807) is 4.90 Å². The van der Waals surface area contributed by atoms with Crippen LogP contribution in [0.1, 0.15) is 18.4 Å². The maximum atomic E-state index is 13.1. The van der Waals surface area contributed by atoms with Gasteiger partial charge >= 0.3 is 0 Å². The second-order valence-corrected chi connectivity index (χ2v) is 8.12. The lowest BCUT2D eigenvalue weighted by Gasteiger charge is -2.22. The molecule has 2 saturated carbocycles. The Kier molecular flexibility index (Phi) is 2.43. The number of fused-ring (bicyclic) bond motifs is 4. The van der Waals surface area contributed by atoms with E-state index in [4.69, 9.17) is 0 Å². The van der Waals surface area contributed by atoms with Gasteiger partial charge in [-0.1, -0.05) is 54.6 Å². The Morgan fingerprint density at radius 3 is 2.20 bits per heavy atom. The summed E-state index contributed by atoms with van der Waals surface area (Å²) < 4.78 is 0. The Bertz CT molecular complexity index is 932. The van der Waals surface area contributed by atoms with Gasteiger partial charge in [0.2, 0.25) is 11.8 Å². The van der Waals surface area contributed by atoms with Gasteiger partial charge < -0.3 is 0 Å². The third-order valence-electron chi connectivity index (χ3n) is 7.15. The van der Waals surface area contributed by atoms with E-state index in [9.17, 15) is 9.59 Å². The van der Waals surface area contributed by atoms with Crippen molar-refractivity contribution < 1.29 is 9.59 Å². The van der Waals surface area contributed by atoms with E-state index < -0.39 is 0 Å². The number of hydrogen-bond acceptors (Lipinski definition) is 2. The number of imide groups is 1. The molecule has 6 rings (SSSR count). The first kappa shape index (κ1) is 13.8. The van der Waals surface area contributed by atoms with Crippen LogP contribution in [0.2, 0.25) is 0 Å². The normalized spacial score (nSPS) is 33.7. The lowest BCUT2D eigenvalue weighted by molar-refractivity contribution is -0.141. The van der Waals surface area contributed by atoms with Crippen molar-refractivity contribution in [1.82, 2.24) is 4.90 Å². The van der Waals surface area contributed by atoms with Crippen molar-refractivity contribution in [3.05, 3.63) is 60.2 Å². The van der Waals surface area contributed by atoms with Gasteiger partial charge in [-0.2, -0.15) is 0 Å². The SMILES string of the molecule is O=C1[C@H]2[C@H](C(=O)N1Cc1cccc3ccccc13)[C@H]1C=C[C@H]2C12CC2. The van der Waals surface area contributed by atoms with E-state index in [2.05, 4.69) is 30.4 Å². The molecule has 2 amide bonds. The first-order valence-corrected chi connectivity index (χ1v) is 9.21. The van der Waals surface area contributed by atoms with Gasteiger partial charge in [-0.3, -0.25) is 14.5 Å². The molecule has 0 aromatic heterocycles. The maximum absolute atomic E-state index is 13.1. The number of carbonyl (C=O) groups is 2. The van der Waals surface area contributed by atoms with Crippen molar-refractivity contribution in [2.45, 2.75) is 19.4 Å². The minimum Gasteiger partial charge on any atom is -0.278 e. The van der Waals surface area contributed by atoms with Gasteiger partial charge in [0, 0.05) is 0 Å². The van der Waals surface area contributed by atoms with Crippen molar-refractivity contribution in [3.8, 4) is 0 Å². The van der Waals surface area contributed by atoms with Gasteiger partial charge in [0.05, 0.1) is 18.4 Å². The van der Waals surface area contributed by atoms with Gasteiger partial charge in [0.25, 0.3) is 0 Å². The minimum atomic E-state index is -0.0972. The van der Waals surface area contributed by atoms with Crippen LogP contribution >= 0.6 is 0 Å². The van der Waals surface area contributed by atoms with Crippen LogP contribution in [0, 0.1) is 29.1 Å². The molecule has 2 aromatic carbocycles. The van der Waals surface area contributed by atoms with E-state index in [1.807, 2.05) is 24.3 Å². The highest BCUT2D eigenvalue weighted by atomic mass is 16.2. The number of carbonyl (C=O) groups excluding carboxylic acids is 2. The van der Waals surface area contributed by atoms with Crippen LogP contribution < -0.4 is 0 Å². The third-order valence-corrected chi connectivity index (χ3v) is 7.15. The monoisotopic (exact) mass is 329 g/mol. The highest BCUT2D eigenvalue weighted by Gasteiger charge is 2.73. The molecular weight excluding hydrogens is 310 g/mol. The van der Waals surface area contributed by atoms with Crippen molar-refractivity contribution in [3.63, 3.8) is 0 Å². The summed E-state index contributed by atoms with van der Waals surface area (Å²) in [4.78, 5) is 27.8. The summed E-state index contributed by atoms with van der Waals surface area (Å²) in [5, 5.41) is 2.28. The van der Waals surface area contributed by atoms with E-state index in [-0.39, 0.29) is 29.1 Å².